The van der Waals surface area contributed by atoms with E-state index in [0.717, 1.165) is 66.3 Å². The highest BCUT2D eigenvalue weighted by atomic mass is 32.1. The molecule has 0 saturated carbocycles. The summed E-state index contributed by atoms with van der Waals surface area (Å²) in [4.78, 5) is 20.2. The number of ether oxygens (including phenoxy) is 1. The molecule has 1 aromatic heterocycles. The van der Waals surface area contributed by atoms with Crippen molar-refractivity contribution in [3.8, 4) is 0 Å². The molecule has 8 heteroatoms. The minimum absolute atomic E-state index is 0.115. The van der Waals surface area contributed by atoms with E-state index in [1.165, 1.54) is 23.2 Å². The van der Waals surface area contributed by atoms with Gasteiger partial charge in [0, 0.05) is 50.0 Å². The van der Waals surface area contributed by atoms with E-state index in [1.807, 2.05) is 4.90 Å². The number of halogens is 1. The molecule has 0 radical (unpaired) electrons. The molecule has 1 atom stereocenters. The summed E-state index contributed by atoms with van der Waals surface area (Å²) in [5.74, 6) is 0.690. The summed E-state index contributed by atoms with van der Waals surface area (Å²) >= 11 is 1.42. The summed E-state index contributed by atoms with van der Waals surface area (Å²) < 4.78 is 24.8. The van der Waals surface area contributed by atoms with Crippen LogP contribution in [0.5, 0.6) is 0 Å². The molecule has 6 nitrogen and oxygen atoms in total. The van der Waals surface area contributed by atoms with Gasteiger partial charge in [0.1, 0.15) is 18.4 Å². The lowest BCUT2D eigenvalue weighted by Gasteiger charge is -2.45. The molecule has 3 aromatic rings. The molecule has 3 heterocycles. The van der Waals surface area contributed by atoms with Crippen LogP contribution in [0.4, 0.5) is 15.9 Å². The minimum atomic E-state index is -0.256. The molecule has 186 valence electrons. The maximum absolute atomic E-state index is 13.8. The topological polar surface area (TPSA) is 48.9 Å². The van der Waals surface area contributed by atoms with E-state index < -0.39 is 0 Å². The van der Waals surface area contributed by atoms with Crippen LogP contribution in [0.3, 0.4) is 0 Å². The van der Waals surface area contributed by atoms with Crippen LogP contribution in [0.1, 0.15) is 31.4 Å². The Labute approximate surface area is 210 Å². The first-order valence-corrected chi connectivity index (χ1v) is 13.0. The van der Waals surface area contributed by atoms with Crippen LogP contribution in [0.2, 0.25) is 0 Å². The quantitative estimate of drug-likeness (QED) is 0.491. The second-order valence-corrected chi connectivity index (χ2v) is 11.0. The number of fused-ring (bicyclic) bond motifs is 2. The molecule has 1 amide bonds. The molecule has 2 aliphatic heterocycles. The molecule has 0 N–H and O–H groups in total. The Morgan fingerprint density at radius 2 is 1.94 bits per heavy atom. The van der Waals surface area contributed by atoms with E-state index in [-0.39, 0.29) is 29.8 Å². The number of rotatable bonds is 6. The average molecular weight is 497 g/mol. The average Bonchev–Trinajstić information content (AvgIpc) is 3.25. The first-order chi connectivity index (χ1) is 16.8. The number of carbonyl (C=O) groups is 1. The summed E-state index contributed by atoms with van der Waals surface area (Å²) in [5, 5.41) is 0.894. The number of amides is 1. The van der Waals surface area contributed by atoms with Crippen LogP contribution in [-0.4, -0.2) is 61.7 Å². The fourth-order valence-corrected chi connectivity index (χ4v) is 6.47. The second-order valence-electron chi connectivity index (χ2n) is 10.2. The fourth-order valence-electron chi connectivity index (χ4n) is 5.69. The van der Waals surface area contributed by atoms with E-state index in [9.17, 15) is 9.18 Å². The Bertz CT molecular complexity index is 1240. The summed E-state index contributed by atoms with van der Waals surface area (Å²) in [6.45, 7) is 11.1. The predicted octanol–water partition coefficient (Wildman–Crippen LogP) is 4.80. The zero-order chi connectivity index (χ0) is 24.7. The highest BCUT2D eigenvalue weighted by molar-refractivity contribution is 7.13. The predicted molar refractivity (Wildman–Crippen MR) is 140 cm³/mol. The highest BCUT2D eigenvalue weighted by Gasteiger charge is 2.46. The summed E-state index contributed by atoms with van der Waals surface area (Å²) in [6, 6.07) is 11.2. The monoisotopic (exact) mass is 496 g/mol. The minimum Gasteiger partial charge on any atom is -0.364 e. The first kappa shape index (κ1) is 24.2. The Hall–Kier alpha value is -2.55. The van der Waals surface area contributed by atoms with Crippen molar-refractivity contribution < 1.29 is 13.9 Å². The lowest BCUT2D eigenvalue weighted by atomic mass is 9.67. The number of nitrogens with zero attached hydrogens (tertiary/aromatic N) is 4. The molecular weight excluding hydrogens is 463 g/mol. The number of hydrogen-bond acceptors (Lipinski definition) is 6. The first-order valence-electron chi connectivity index (χ1n) is 12.2. The van der Waals surface area contributed by atoms with Crippen molar-refractivity contribution in [2.75, 3.05) is 56.4 Å². The van der Waals surface area contributed by atoms with Crippen LogP contribution in [0.25, 0.3) is 10.1 Å². The van der Waals surface area contributed by atoms with Crippen molar-refractivity contribution in [2.24, 2.45) is 5.92 Å². The van der Waals surface area contributed by atoms with Crippen LogP contribution < -0.4 is 9.80 Å². The summed E-state index contributed by atoms with van der Waals surface area (Å²) in [6.07, 6.45) is 0.796. The normalized spacial score (nSPS) is 20.5. The van der Waals surface area contributed by atoms with Crippen molar-refractivity contribution >= 4 is 39.0 Å². The van der Waals surface area contributed by atoms with Crippen LogP contribution in [0, 0.1) is 18.7 Å². The SMILES string of the molecule is COCN1C(=O)C(CCN2CCN(c3nsc4ccc(F)cc34)CC2)C(C)(C)c2cccc(C)c21. The van der Waals surface area contributed by atoms with Gasteiger partial charge in [-0.3, -0.25) is 14.6 Å². The number of piperazine rings is 1. The number of benzene rings is 2. The molecule has 1 unspecified atom stereocenters. The van der Waals surface area contributed by atoms with Gasteiger partial charge in [0.05, 0.1) is 10.4 Å². The Balaban J connectivity index is 1.27. The molecule has 2 aromatic carbocycles. The van der Waals surface area contributed by atoms with Crippen molar-refractivity contribution in [1.82, 2.24) is 9.27 Å². The van der Waals surface area contributed by atoms with Crippen molar-refractivity contribution in [1.29, 1.82) is 0 Å². The van der Waals surface area contributed by atoms with Crippen LogP contribution >= 0.6 is 11.5 Å². The standard InChI is InChI=1S/C27H33FN4O2S/c1-18-6-5-7-21-24(18)32(17-34-4)26(33)22(27(21,2)3)10-11-30-12-14-31(15-13-30)25-20-16-19(28)8-9-23(20)35-29-25/h5-9,16,22H,10-15,17H2,1-4H3. The third kappa shape index (κ3) is 4.32. The number of aromatic nitrogens is 1. The lowest BCUT2D eigenvalue weighted by Crippen LogP contribution is -2.52. The van der Waals surface area contributed by atoms with Gasteiger partial charge in [0.15, 0.2) is 0 Å². The lowest BCUT2D eigenvalue weighted by molar-refractivity contribution is -0.126. The molecule has 0 aliphatic carbocycles. The third-order valence-corrected chi connectivity index (χ3v) is 8.53. The van der Waals surface area contributed by atoms with Crippen molar-refractivity contribution in [3.63, 3.8) is 0 Å². The smallest absolute Gasteiger partial charge is 0.232 e. The molecule has 5 rings (SSSR count). The van der Waals surface area contributed by atoms with Crippen LogP contribution in [0.15, 0.2) is 36.4 Å². The number of anilines is 2. The number of hydrogen-bond donors (Lipinski definition) is 0. The zero-order valence-corrected chi connectivity index (χ0v) is 21.7. The second kappa shape index (κ2) is 9.48. The van der Waals surface area contributed by atoms with Crippen LogP contribution in [-0.2, 0) is 14.9 Å². The maximum Gasteiger partial charge on any atom is 0.232 e. The molecule has 35 heavy (non-hydrogen) atoms. The van der Waals surface area contributed by atoms with Gasteiger partial charge in [-0.2, -0.15) is 4.37 Å². The van der Waals surface area contributed by atoms with Gasteiger partial charge >= 0.3 is 0 Å². The van der Waals surface area contributed by atoms with Gasteiger partial charge < -0.3 is 9.64 Å². The highest BCUT2D eigenvalue weighted by Crippen LogP contribution is 2.46. The van der Waals surface area contributed by atoms with Gasteiger partial charge in [-0.15, -0.1) is 0 Å². The largest absolute Gasteiger partial charge is 0.364 e. The van der Waals surface area contributed by atoms with Gasteiger partial charge in [0.25, 0.3) is 0 Å². The molecule has 2 aliphatic rings. The molecule has 1 saturated heterocycles. The van der Waals surface area contributed by atoms with E-state index in [2.05, 4.69) is 53.1 Å². The number of methoxy groups -OCH3 is 1. The zero-order valence-electron chi connectivity index (χ0n) is 20.9. The molecule has 0 spiro atoms. The van der Waals surface area contributed by atoms with Crippen molar-refractivity contribution in [3.05, 3.63) is 53.3 Å². The molecular formula is C27H33FN4O2S. The van der Waals surface area contributed by atoms with E-state index in [4.69, 9.17) is 4.74 Å². The van der Waals surface area contributed by atoms with E-state index in [0.29, 0.717) is 0 Å². The number of para-hydroxylation sites is 1. The molecule has 0 bridgehead atoms. The fraction of sp³-hybridized carbons (Fsp3) is 0.481. The number of aryl methyl sites for hydroxylation is 1. The van der Waals surface area contributed by atoms with Gasteiger partial charge in [0.2, 0.25) is 5.91 Å². The summed E-state index contributed by atoms with van der Waals surface area (Å²) in [7, 11) is 1.64. The molecule has 1 fully saturated rings. The third-order valence-electron chi connectivity index (χ3n) is 7.71. The summed E-state index contributed by atoms with van der Waals surface area (Å²) in [5.41, 5.74) is 3.06. The Morgan fingerprint density at radius 1 is 1.17 bits per heavy atom. The van der Waals surface area contributed by atoms with Gasteiger partial charge in [-0.05, 0) is 60.7 Å². The maximum atomic E-state index is 13.8. The van der Waals surface area contributed by atoms with E-state index in [1.54, 1.807) is 19.2 Å². The Kier molecular flexibility index (Phi) is 6.55. The van der Waals surface area contributed by atoms with Crippen molar-refractivity contribution in [2.45, 2.75) is 32.6 Å². The number of carbonyl (C=O) groups excluding carboxylic acids is 1. The van der Waals surface area contributed by atoms with E-state index >= 15 is 0 Å². The van der Waals surface area contributed by atoms with Gasteiger partial charge in [-0.1, -0.05) is 32.0 Å². The van der Waals surface area contributed by atoms with Gasteiger partial charge in [-0.25, -0.2) is 4.39 Å². The Morgan fingerprint density at radius 3 is 2.69 bits per heavy atom.